The molecule has 1 N–H and O–H groups in total. The number of halogens is 3. The largest absolute Gasteiger partial charge is 0.433 e. The molecule has 3 aromatic rings. The molecular weight excluding hydrogens is 441 g/mol. The second kappa shape index (κ2) is 8.50. The Kier molecular flexibility index (Phi) is 5.89. The van der Waals surface area contributed by atoms with Crippen LogP contribution in [0.2, 0.25) is 0 Å². The number of amides is 2. The average Bonchev–Trinajstić information content (AvgIpc) is 3.08. The molecule has 0 saturated carbocycles. The Morgan fingerprint density at radius 2 is 1.88 bits per heavy atom. The van der Waals surface area contributed by atoms with Gasteiger partial charge in [-0.05, 0) is 62.1 Å². The van der Waals surface area contributed by atoms with Crippen LogP contribution in [0.4, 0.5) is 19.0 Å². The van der Waals surface area contributed by atoms with Crippen LogP contribution in [0.25, 0.3) is 10.2 Å². The van der Waals surface area contributed by atoms with E-state index in [0.29, 0.717) is 47.6 Å². The van der Waals surface area contributed by atoms with Gasteiger partial charge < -0.3 is 10.2 Å². The maximum Gasteiger partial charge on any atom is 0.433 e. The molecule has 0 unspecified atom stereocenters. The molecule has 1 saturated heterocycles. The van der Waals surface area contributed by atoms with E-state index >= 15 is 0 Å². The summed E-state index contributed by atoms with van der Waals surface area (Å²) in [4.78, 5) is 35.7. The van der Waals surface area contributed by atoms with Crippen molar-refractivity contribution in [1.82, 2.24) is 14.9 Å². The topological polar surface area (TPSA) is 75.2 Å². The number of likely N-dealkylation sites (tertiary alicyclic amines) is 1. The molecule has 1 fully saturated rings. The van der Waals surface area contributed by atoms with Crippen LogP contribution in [0, 0.1) is 19.8 Å². The Morgan fingerprint density at radius 1 is 1.16 bits per heavy atom. The van der Waals surface area contributed by atoms with Crippen molar-refractivity contribution in [2.45, 2.75) is 32.9 Å². The maximum absolute atomic E-state index is 13.1. The van der Waals surface area contributed by atoms with Crippen LogP contribution in [0.3, 0.4) is 0 Å². The molecule has 4 heterocycles. The molecule has 0 aromatic carbocycles. The predicted octanol–water partition coefficient (Wildman–Crippen LogP) is 4.82. The van der Waals surface area contributed by atoms with Gasteiger partial charge in [0.2, 0.25) is 5.91 Å². The van der Waals surface area contributed by atoms with Crippen molar-refractivity contribution >= 4 is 39.2 Å². The Morgan fingerprint density at radius 3 is 2.53 bits per heavy atom. The standard InChI is InChI=1S/C22H21F3N4O2S/c1-12-5-8-26-17(11-12)28-19(30)14-6-9-29(10-7-14)21(31)18-13(2)15-3-4-16(22(23,24)25)27-20(15)32-18/h3-5,8,11,14H,6-7,9-10H2,1-2H3,(H,26,28,30). The van der Waals surface area contributed by atoms with Gasteiger partial charge in [0, 0.05) is 30.6 Å². The van der Waals surface area contributed by atoms with Crippen molar-refractivity contribution in [1.29, 1.82) is 0 Å². The SMILES string of the molecule is Cc1ccnc(NC(=O)C2CCN(C(=O)c3sc4nc(C(F)(F)F)ccc4c3C)CC2)c1. The number of fused-ring (bicyclic) bond motifs is 1. The first kappa shape index (κ1) is 22.2. The van der Waals surface area contributed by atoms with Gasteiger partial charge in [-0.2, -0.15) is 13.2 Å². The summed E-state index contributed by atoms with van der Waals surface area (Å²) in [6.45, 7) is 4.42. The predicted molar refractivity (Wildman–Crippen MR) is 116 cm³/mol. The van der Waals surface area contributed by atoms with Gasteiger partial charge in [-0.3, -0.25) is 9.59 Å². The molecule has 0 radical (unpaired) electrons. The van der Waals surface area contributed by atoms with E-state index in [0.717, 1.165) is 23.0 Å². The quantitative estimate of drug-likeness (QED) is 0.606. The average molecular weight is 462 g/mol. The summed E-state index contributed by atoms with van der Waals surface area (Å²) < 4.78 is 38.9. The number of nitrogens with one attached hydrogen (secondary N) is 1. The normalized spacial score (nSPS) is 15.2. The number of thiophene rings is 1. The van der Waals surface area contributed by atoms with Gasteiger partial charge in [-0.15, -0.1) is 11.3 Å². The van der Waals surface area contributed by atoms with Crippen molar-refractivity contribution < 1.29 is 22.8 Å². The van der Waals surface area contributed by atoms with Crippen LogP contribution < -0.4 is 5.32 Å². The third kappa shape index (κ3) is 4.45. The van der Waals surface area contributed by atoms with Gasteiger partial charge in [-0.1, -0.05) is 0 Å². The van der Waals surface area contributed by atoms with Crippen molar-refractivity contribution in [2.75, 3.05) is 18.4 Å². The van der Waals surface area contributed by atoms with Gasteiger partial charge >= 0.3 is 6.18 Å². The molecule has 1 aliphatic heterocycles. The van der Waals surface area contributed by atoms with Gasteiger partial charge in [0.05, 0.1) is 4.88 Å². The third-order valence-electron chi connectivity index (χ3n) is 5.61. The Balaban J connectivity index is 1.43. The smallest absolute Gasteiger partial charge is 0.338 e. The summed E-state index contributed by atoms with van der Waals surface area (Å²) in [5, 5.41) is 3.37. The number of carbonyl (C=O) groups is 2. The number of hydrogen-bond acceptors (Lipinski definition) is 5. The fourth-order valence-corrected chi connectivity index (χ4v) is 4.93. The van der Waals surface area contributed by atoms with Crippen molar-refractivity contribution in [2.24, 2.45) is 5.92 Å². The van der Waals surface area contributed by atoms with Crippen LogP contribution >= 0.6 is 11.3 Å². The van der Waals surface area contributed by atoms with E-state index in [1.165, 1.54) is 6.07 Å². The summed E-state index contributed by atoms with van der Waals surface area (Å²) in [5.74, 6) is -0.101. The van der Waals surface area contributed by atoms with E-state index in [9.17, 15) is 22.8 Å². The summed E-state index contributed by atoms with van der Waals surface area (Å²) in [6.07, 6.45) is -1.90. The van der Waals surface area contributed by atoms with E-state index in [1.54, 1.807) is 24.1 Å². The fraction of sp³-hybridized carbons (Fsp3) is 0.364. The highest BCUT2D eigenvalue weighted by Gasteiger charge is 2.34. The molecular formula is C22H21F3N4O2S. The molecule has 0 bridgehead atoms. The van der Waals surface area contributed by atoms with E-state index < -0.39 is 11.9 Å². The minimum atomic E-state index is -4.54. The second-order valence-electron chi connectivity index (χ2n) is 7.88. The van der Waals surface area contributed by atoms with Crippen molar-refractivity contribution in [3.8, 4) is 0 Å². The van der Waals surface area contributed by atoms with Crippen LogP contribution in [0.15, 0.2) is 30.5 Å². The highest BCUT2D eigenvalue weighted by Crippen LogP contribution is 2.35. The number of aromatic nitrogens is 2. The zero-order chi connectivity index (χ0) is 23.0. The van der Waals surface area contributed by atoms with Crippen LogP contribution in [0.1, 0.15) is 39.3 Å². The molecule has 6 nitrogen and oxygen atoms in total. The van der Waals surface area contributed by atoms with Crippen LogP contribution in [0.5, 0.6) is 0 Å². The van der Waals surface area contributed by atoms with E-state index in [1.807, 2.05) is 13.0 Å². The summed E-state index contributed by atoms with van der Waals surface area (Å²) in [6, 6.07) is 5.93. The van der Waals surface area contributed by atoms with Crippen molar-refractivity contribution in [3.05, 3.63) is 52.2 Å². The number of pyridine rings is 2. The van der Waals surface area contributed by atoms with E-state index in [4.69, 9.17) is 0 Å². The first-order chi connectivity index (χ1) is 15.1. The lowest BCUT2D eigenvalue weighted by molar-refractivity contribution is -0.140. The summed E-state index contributed by atoms with van der Waals surface area (Å²) in [5.41, 5.74) is 0.646. The first-order valence-corrected chi connectivity index (χ1v) is 11.0. The van der Waals surface area contributed by atoms with Gasteiger partial charge in [0.25, 0.3) is 5.91 Å². The van der Waals surface area contributed by atoms with E-state index in [-0.39, 0.29) is 22.6 Å². The van der Waals surface area contributed by atoms with Crippen LogP contribution in [-0.4, -0.2) is 39.8 Å². The molecule has 0 atom stereocenters. The zero-order valence-corrected chi connectivity index (χ0v) is 18.3. The van der Waals surface area contributed by atoms with Gasteiger partial charge in [-0.25, -0.2) is 9.97 Å². The number of rotatable bonds is 3. The highest BCUT2D eigenvalue weighted by atomic mass is 32.1. The molecule has 0 aliphatic carbocycles. The molecule has 1 aliphatic rings. The lowest BCUT2D eigenvalue weighted by atomic mass is 9.95. The minimum Gasteiger partial charge on any atom is -0.338 e. The molecule has 0 spiro atoms. The maximum atomic E-state index is 13.1. The number of nitrogens with zero attached hydrogens (tertiary/aromatic N) is 3. The highest BCUT2D eigenvalue weighted by molar-refractivity contribution is 7.20. The Hall–Kier alpha value is -3.01. The summed E-state index contributed by atoms with van der Waals surface area (Å²) in [7, 11) is 0. The molecule has 10 heteroatoms. The molecule has 3 aromatic heterocycles. The number of hydrogen-bond donors (Lipinski definition) is 1. The first-order valence-electron chi connectivity index (χ1n) is 10.1. The molecule has 2 amide bonds. The van der Waals surface area contributed by atoms with Gasteiger partial charge in [0.15, 0.2) is 0 Å². The number of alkyl halides is 3. The fourth-order valence-electron chi connectivity index (χ4n) is 3.78. The zero-order valence-electron chi connectivity index (χ0n) is 17.5. The van der Waals surface area contributed by atoms with Gasteiger partial charge in [0.1, 0.15) is 16.3 Å². The Bertz CT molecular complexity index is 1180. The van der Waals surface area contributed by atoms with Crippen molar-refractivity contribution in [3.63, 3.8) is 0 Å². The third-order valence-corrected chi connectivity index (χ3v) is 6.80. The van der Waals surface area contributed by atoms with Crippen LogP contribution in [-0.2, 0) is 11.0 Å². The minimum absolute atomic E-state index is 0.128. The number of aryl methyl sites for hydroxylation is 2. The molecule has 168 valence electrons. The van der Waals surface area contributed by atoms with E-state index in [2.05, 4.69) is 15.3 Å². The lowest BCUT2D eigenvalue weighted by Gasteiger charge is -2.31. The summed E-state index contributed by atoms with van der Waals surface area (Å²) >= 11 is 0.976. The molecule has 4 rings (SSSR count). The monoisotopic (exact) mass is 462 g/mol. The number of carbonyl (C=O) groups excluding carboxylic acids is 2. The lowest BCUT2D eigenvalue weighted by Crippen LogP contribution is -2.41. The number of piperidine rings is 1. The molecule has 32 heavy (non-hydrogen) atoms. The number of anilines is 1. The Labute approximate surface area is 186 Å². The second-order valence-corrected chi connectivity index (χ2v) is 8.88.